The molecular weight excluding hydrogens is 320 g/mol. The van der Waals surface area contributed by atoms with E-state index in [1.54, 1.807) is 12.0 Å². The summed E-state index contributed by atoms with van der Waals surface area (Å²) >= 11 is 0. The van der Waals surface area contributed by atoms with Crippen molar-refractivity contribution in [1.29, 1.82) is 0 Å². The second-order valence-electron chi connectivity index (χ2n) is 6.96. The third kappa shape index (κ3) is 4.12. The average molecular weight is 346 g/mol. The molecule has 0 radical (unpaired) electrons. The number of rotatable bonds is 5. The van der Waals surface area contributed by atoms with Gasteiger partial charge in [0, 0.05) is 19.0 Å². The van der Waals surface area contributed by atoms with Crippen molar-refractivity contribution >= 4 is 11.9 Å². The van der Waals surface area contributed by atoms with Crippen LogP contribution in [-0.2, 0) is 9.59 Å². The van der Waals surface area contributed by atoms with Gasteiger partial charge in [0.15, 0.2) is 0 Å². The highest BCUT2D eigenvalue weighted by atomic mass is 16.5. The summed E-state index contributed by atoms with van der Waals surface area (Å²) in [5.74, 6) is -0.866. The van der Waals surface area contributed by atoms with Crippen LogP contribution in [0.1, 0.15) is 30.7 Å². The third-order valence-electron chi connectivity index (χ3n) is 5.32. The van der Waals surface area contributed by atoms with Crippen LogP contribution in [0.5, 0.6) is 5.75 Å². The maximum absolute atomic E-state index is 12.6. The van der Waals surface area contributed by atoms with Crippen LogP contribution in [0.4, 0.5) is 0 Å². The minimum Gasteiger partial charge on any atom is -0.497 e. The van der Waals surface area contributed by atoms with Crippen molar-refractivity contribution in [2.45, 2.75) is 25.2 Å². The number of carboxylic acids is 1. The van der Waals surface area contributed by atoms with Crippen molar-refractivity contribution in [2.24, 2.45) is 5.92 Å². The Morgan fingerprint density at radius 2 is 1.96 bits per heavy atom. The SMILES string of the molecule is COc1cccc([C@@H]2CN(C(=O)CN3CCCCC3)C[C@H]2C(=O)O)c1. The molecule has 3 rings (SSSR count). The molecule has 0 saturated carbocycles. The van der Waals surface area contributed by atoms with Gasteiger partial charge < -0.3 is 14.7 Å². The van der Waals surface area contributed by atoms with Crippen LogP contribution >= 0.6 is 0 Å². The zero-order chi connectivity index (χ0) is 17.8. The second-order valence-corrected chi connectivity index (χ2v) is 6.96. The summed E-state index contributed by atoms with van der Waals surface area (Å²) in [4.78, 5) is 28.3. The van der Waals surface area contributed by atoms with Crippen molar-refractivity contribution in [3.63, 3.8) is 0 Å². The van der Waals surface area contributed by atoms with E-state index in [2.05, 4.69) is 4.90 Å². The van der Waals surface area contributed by atoms with Crippen molar-refractivity contribution in [2.75, 3.05) is 39.8 Å². The van der Waals surface area contributed by atoms with Crippen LogP contribution in [0.3, 0.4) is 0 Å². The summed E-state index contributed by atoms with van der Waals surface area (Å²) in [5, 5.41) is 9.61. The van der Waals surface area contributed by atoms with Crippen LogP contribution in [-0.4, -0.2) is 66.6 Å². The van der Waals surface area contributed by atoms with E-state index in [1.807, 2.05) is 24.3 Å². The topological polar surface area (TPSA) is 70.1 Å². The summed E-state index contributed by atoms with van der Waals surface area (Å²) in [5.41, 5.74) is 0.917. The number of piperidine rings is 1. The fraction of sp³-hybridized carbons (Fsp3) is 0.579. The fourth-order valence-corrected chi connectivity index (χ4v) is 3.88. The molecule has 2 fully saturated rings. The number of methoxy groups -OCH3 is 1. The Hall–Kier alpha value is -2.08. The Bertz CT molecular complexity index is 628. The molecule has 0 aromatic heterocycles. The van der Waals surface area contributed by atoms with E-state index < -0.39 is 11.9 Å². The number of carboxylic acid groups (broad SMARTS) is 1. The van der Waals surface area contributed by atoms with Gasteiger partial charge in [-0.3, -0.25) is 14.5 Å². The predicted molar refractivity (Wildman–Crippen MR) is 93.7 cm³/mol. The predicted octanol–water partition coefficient (Wildman–Crippen LogP) is 1.81. The Labute approximate surface area is 148 Å². The van der Waals surface area contributed by atoms with E-state index in [9.17, 15) is 14.7 Å². The molecule has 6 nitrogen and oxygen atoms in total. The van der Waals surface area contributed by atoms with Crippen molar-refractivity contribution in [3.8, 4) is 5.75 Å². The number of benzene rings is 1. The Kier molecular flexibility index (Phi) is 5.58. The number of aliphatic carboxylic acids is 1. The first-order valence-electron chi connectivity index (χ1n) is 8.95. The van der Waals surface area contributed by atoms with E-state index in [-0.39, 0.29) is 18.4 Å². The molecule has 0 unspecified atom stereocenters. The summed E-state index contributed by atoms with van der Waals surface area (Å²) in [6.07, 6.45) is 3.50. The minimum absolute atomic E-state index is 0.0403. The number of likely N-dealkylation sites (tertiary alicyclic amines) is 2. The van der Waals surface area contributed by atoms with Crippen molar-refractivity contribution in [3.05, 3.63) is 29.8 Å². The second kappa shape index (κ2) is 7.87. The normalized spacial score (nSPS) is 24.3. The van der Waals surface area contributed by atoms with Crippen LogP contribution < -0.4 is 4.74 Å². The van der Waals surface area contributed by atoms with E-state index in [0.29, 0.717) is 18.8 Å². The minimum atomic E-state index is -0.846. The first kappa shape index (κ1) is 17.7. The number of ether oxygens (including phenoxy) is 1. The molecule has 0 bridgehead atoms. The van der Waals surface area contributed by atoms with Crippen molar-refractivity contribution in [1.82, 2.24) is 9.80 Å². The standard InChI is InChI=1S/C19H26N2O4/c1-25-15-7-5-6-14(10-15)16-11-21(12-17(16)19(23)24)18(22)13-20-8-3-2-4-9-20/h5-7,10,16-17H,2-4,8-9,11-13H2,1H3,(H,23,24)/t16-,17+/m0/s1. The van der Waals surface area contributed by atoms with E-state index in [4.69, 9.17) is 4.74 Å². The number of hydrogen-bond acceptors (Lipinski definition) is 4. The molecule has 25 heavy (non-hydrogen) atoms. The number of carbonyl (C=O) groups is 2. The molecule has 2 atom stereocenters. The van der Waals surface area contributed by atoms with E-state index in [0.717, 1.165) is 31.5 Å². The summed E-state index contributed by atoms with van der Waals surface area (Å²) in [6.45, 7) is 3.06. The molecule has 1 aromatic carbocycles. The monoisotopic (exact) mass is 346 g/mol. The summed E-state index contributed by atoms with van der Waals surface area (Å²) in [6, 6.07) is 7.50. The highest BCUT2D eigenvalue weighted by Crippen LogP contribution is 2.34. The van der Waals surface area contributed by atoms with Crippen LogP contribution in [0.2, 0.25) is 0 Å². The molecule has 1 N–H and O–H groups in total. The first-order valence-corrected chi connectivity index (χ1v) is 8.95. The molecule has 2 aliphatic heterocycles. The maximum atomic E-state index is 12.6. The summed E-state index contributed by atoms with van der Waals surface area (Å²) < 4.78 is 5.25. The molecule has 0 aliphatic carbocycles. The number of nitrogens with zero attached hydrogens (tertiary/aromatic N) is 2. The lowest BCUT2D eigenvalue weighted by Crippen LogP contribution is -2.41. The van der Waals surface area contributed by atoms with E-state index >= 15 is 0 Å². The van der Waals surface area contributed by atoms with Gasteiger partial charge in [-0.25, -0.2) is 0 Å². The third-order valence-corrected chi connectivity index (χ3v) is 5.32. The molecular formula is C19H26N2O4. The molecule has 2 heterocycles. The molecule has 2 saturated heterocycles. The molecule has 1 amide bonds. The number of amides is 1. The Morgan fingerprint density at radius 1 is 1.20 bits per heavy atom. The van der Waals surface area contributed by atoms with Crippen molar-refractivity contribution < 1.29 is 19.4 Å². The molecule has 1 aromatic rings. The largest absolute Gasteiger partial charge is 0.497 e. The van der Waals surface area contributed by atoms with Gasteiger partial charge in [0.2, 0.25) is 5.91 Å². The lowest BCUT2D eigenvalue weighted by Gasteiger charge is -2.28. The maximum Gasteiger partial charge on any atom is 0.308 e. The molecule has 2 aliphatic rings. The Morgan fingerprint density at radius 3 is 2.64 bits per heavy atom. The first-order chi connectivity index (χ1) is 12.1. The van der Waals surface area contributed by atoms with Gasteiger partial charge in [-0.15, -0.1) is 0 Å². The quantitative estimate of drug-likeness (QED) is 0.880. The van der Waals surface area contributed by atoms with Gasteiger partial charge >= 0.3 is 5.97 Å². The van der Waals surface area contributed by atoms with Gasteiger partial charge in [-0.2, -0.15) is 0 Å². The van der Waals surface area contributed by atoms with Gasteiger partial charge in [-0.05, 0) is 43.6 Å². The molecule has 6 heteroatoms. The van der Waals surface area contributed by atoms with Gasteiger partial charge in [0.25, 0.3) is 0 Å². The highest BCUT2D eigenvalue weighted by Gasteiger charge is 2.40. The number of carbonyl (C=O) groups excluding carboxylic acids is 1. The Balaban J connectivity index is 1.71. The van der Waals surface area contributed by atoms with Crippen LogP contribution in [0.25, 0.3) is 0 Å². The summed E-state index contributed by atoms with van der Waals surface area (Å²) in [7, 11) is 1.59. The smallest absolute Gasteiger partial charge is 0.308 e. The van der Waals surface area contributed by atoms with Crippen LogP contribution in [0.15, 0.2) is 24.3 Å². The van der Waals surface area contributed by atoms with Gasteiger partial charge in [0.05, 0.1) is 19.6 Å². The lowest BCUT2D eigenvalue weighted by molar-refractivity contribution is -0.141. The van der Waals surface area contributed by atoms with Gasteiger partial charge in [0.1, 0.15) is 5.75 Å². The molecule has 136 valence electrons. The highest BCUT2D eigenvalue weighted by molar-refractivity contribution is 5.81. The van der Waals surface area contributed by atoms with Crippen LogP contribution in [0, 0.1) is 5.92 Å². The van der Waals surface area contributed by atoms with E-state index in [1.165, 1.54) is 6.42 Å². The average Bonchev–Trinajstić information content (AvgIpc) is 3.08. The zero-order valence-corrected chi connectivity index (χ0v) is 14.7. The number of hydrogen-bond donors (Lipinski definition) is 1. The van der Waals surface area contributed by atoms with Gasteiger partial charge in [-0.1, -0.05) is 18.6 Å². The molecule has 0 spiro atoms. The fourth-order valence-electron chi connectivity index (χ4n) is 3.88. The zero-order valence-electron chi connectivity index (χ0n) is 14.7. The lowest BCUT2D eigenvalue weighted by atomic mass is 9.89.